The van der Waals surface area contributed by atoms with Gasteiger partial charge in [0.05, 0.1) is 13.2 Å². The number of likely N-dealkylation sites (N-methyl/N-ethyl adjacent to an activating group) is 1. The highest BCUT2D eigenvalue weighted by molar-refractivity contribution is 14.0. The van der Waals surface area contributed by atoms with Crippen LogP contribution in [0.1, 0.15) is 46.0 Å². The lowest BCUT2D eigenvalue weighted by atomic mass is 9.80. The van der Waals surface area contributed by atoms with Crippen molar-refractivity contribution in [1.29, 1.82) is 0 Å². The highest BCUT2D eigenvalue weighted by Crippen LogP contribution is 2.33. The fraction of sp³-hybridized carbons (Fsp3) is 0.900. The van der Waals surface area contributed by atoms with Crippen molar-refractivity contribution in [2.24, 2.45) is 10.9 Å². The monoisotopic (exact) mass is 509 g/mol. The Labute approximate surface area is 188 Å². The van der Waals surface area contributed by atoms with Crippen LogP contribution in [0, 0.1) is 5.92 Å². The van der Waals surface area contributed by atoms with Crippen LogP contribution < -0.4 is 10.6 Å². The Morgan fingerprint density at radius 1 is 1.14 bits per heavy atom. The maximum absolute atomic E-state index is 11.9. The van der Waals surface area contributed by atoms with Crippen LogP contribution in [0.15, 0.2) is 4.99 Å². The molecule has 0 atom stereocenters. The molecule has 0 aromatic carbocycles. The molecular formula is C20H40IN5O2. The minimum Gasteiger partial charge on any atom is -0.379 e. The molecule has 0 aromatic heterocycles. The Kier molecular flexibility index (Phi) is 11.7. The molecule has 0 bridgehead atoms. The van der Waals surface area contributed by atoms with Crippen molar-refractivity contribution >= 4 is 35.8 Å². The summed E-state index contributed by atoms with van der Waals surface area (Å²) in [7, 11) is 3.53. The zero-order chi connectivity index (χ0) is 19.7. The van der Waals surface area contributed by atoms with Gasteiger partial charge in [-0.15, -0.1) is 24.0 Å². The Bertz CT molecular complexity index is 487. The summed E-state index contributed by atoms with van der Waals surface area (Å²) in [4.78, 5) is 20.7. The van der Waals surface area contributed by atoms with E-state index in [-0.39, 0.29) is 42.0 Å². The van der Waals surface area contributed by atoms with Crippen LogP contribution in [0.3, 0.4) is 0 Å². The van der Waals surface area contributed by atoms with Crippen molar-refractivity contribution in [2.45, 2.75) is 51.5 Å². The highest BCUT2D eigenvalue weighted by atomic mass is 127. The largest absolute Gasteiger partial charge is 0.379 e. The molecular weight excluding hydrogens is 469 g/mol. The molecule has 164 valence electrons. The predicted molar refractivity (Wildman–Crippen MR) is 125 cm³/mol. The van der Waals surface area contributed by atoms with E-state index < -0.39 is 0 Å². The van der Waals surface area contributed by atoms with Crippen molar-refractivity contribution in [1.82, 2.24) is 20.4 Å². The number of amides is 1. The van der Waals surface area contributed by atoms with E-state index in [2.05, 4.69) is 34.4 Å². The summed E-state index contributed by atoms with van der Waals surface area (Å²) in [5.41, 5.74) is 0.174. The number of rotatable bonds is 7. The Balaban J connectivity index is 0.00000392. The molecule has 2 fully saturated rings. The van der Waals surface area contributed by atoms with Crippen molar-refractivity contribution in [3.05, 3.63) is 0 Å². The van der Waals surface area contributed by atoms with Crippen LogP contribution in [-0.4, -0.2) is 87.2 Å². The van der Waals surface area contributed by atoms with Gasteiger partial charge in [0.1, 0.15) is 6.54 Å². The van der Waals surface area contributed by atoms with Crippen molar-refractivity contribution < 1.29 is 9.53 Å². The normalized spacial score (nSPS) is 20.4. The second-order valence-electron chi connectivity index (χ2n) is 8.47. The van der Waals surface area contributed by atoms with Gasteiger partial charge in [0.2, 0.25) is 5.91 Å². The third-order valence-electron chi connectivity index (χ3n) is 5.60. The summed E-state index contributed by atoms with van der Waals surface area (Å²) in [5.74, 6) is 1.28. The summed E-state index contributed by atoms with van der Waals surface area (Å²) in [6.07, 6.45) is 6.33. The van der Waals surface area contributed by atoms with Gasteiger partial charge in [0.25, 0.3) is 0 Å². The average molecular weight is 509 g/mol. The molecule has 2 N–H and O–H groups in total. The van der Waals surface area contributed by atoms with Crippen molar-refractivity contribution in [2.75, 3.05) is 60.0 Å². The summed E-state index contributed by atoms with van der Waals surface area (Å²) in [5, 5.41) is 6.96. The number of hydrogen-bond donors (Lipinski definition) is 2. The van der Waals surface area contributed by atoms with Crippen LogP contribution in [0.5, 0.6) is 0 Å². The molecule has 0 radical (unpaired) electrons. The first-order chi connectivity index (χ1) is 12.9. The number of hydrogen-bond acceptors (Lipinski definition) is 4. The van der Waals surface area contributed by atoms with Crippen LogP contribution in [0.2, 0.25) is 0 Å². The predicted octanol–water partition coefficient (Wildman–Crippen LogP) is 1.92. The molecule has 1 amide bonds. The number of guanidine groups is 1. The lowest BCUT2D eigenvalue weighted by Crippen LogP contribution is -2.60. The molecule has 1 aliphatic heterocycles. The molecule has 1 aliphatic carbocycles. The molecule has 1 saturated heterocycles. The number of nitrogens with one attached hydrogen (secondary N) is 2. The van der Waals surface area contributed by atoms with Crippen LogP contribution in [-0.2, 0) is 9.53 Å². The van der Waals surface area contributed by atoms with Crippen molar-refractivity contribution in [3.63, 3.8) is 0 Å². The number of morpholine rings is 1. The fourth-order valence-electron chi connectivity index (χ4n) is 3.86. The molecule has 28 heavy (non-hydrogen) atoms. The van der Waals surface area contributed by atoms with Gasteiger partial charge in [0.15, 0.2) is 5.96 Å². The number of ether oxygens (including phenoxy) is 1. The summed E-state index contributed by atoms with van der Waals surface area (Å²) >= 11 is 0. The Morgan fingerprint density at radius 2 is 1.79 bits per heavy atom. The number of nitrogens with zero attached hydrogens (tertiary/aromatic N) is 3. The Morgan fingerprint density at radius 3 is 2.36 bits per heavy atom. The zero-order valence-corrected chi connectivity index (χ0v) is 20.5. The summed E-state index contributed by atoms with van der Waals surface area (Å²) in [6, 6.07) is 0. The maximum atomic E-state index is 11.9. The number of carbonyl (C=O) groups excluding carboxylic acids is 1. The van der Waals surface area contributed by atoms with Gasteiger partial charge < -0.3 is 20.3 Å². The van der Waals surface area contributed by atoms with Gasteiger partial charge in [-0.3, -0.25) is 9.69 Å². The van der Waals surface area contributed by atoms with Gasteiger partial charge in [-0.2, -0.15) is 0 Å². The van der Waals surface area contributed by atoms with E-state index in [9.17, 15) is 4.79 Å². The van der Waals surface area contributed by atoms with Crippen LogP contribution in [0.4, 0.5) is 0 Å². The SMILES string of the molecule is CC(C)CNC(=NCC(=O)N(C)C)NCC1(N2CCOCC2)CCCCC1.I. The topological polar surface area (TPSA) is 69.2 Å². The van der Waals surface area contributed by atoms with E-state index in [4.69, 9.17) is 4.74 Å². The smallest absolute Gasteiger partial charge is 0.243 e. The van der Waals surface area contributed by atoms with E-state index >= 15 is 0 Å². The standard InChI is InChI=1S/C20H39N5O2.HI/c1-17(2)14-21-19(22-15-18(26)24(3)4)23-16-20(8-6-5-7-9-20)25-10-12-27-13-11-25;/h17H,5-16H2,1-4H3,(H2,21,22,23);1H. The quantitative estimate of drug-likeness (QED) is 0.312. The summed E-state index contributed by atoms with van der Waals surface area (Å²) < 4.78 is 5.57. The van der Waals surface area contributed by atoms with Gasteiger partial charge in [0, 0.05) is 45.8 Å². The Hall–Kier alpha value is -0.610. The second-order valence-corrected chi connectivity index (χ2v) is 8.47. The van der Waals surface area contributed by atoms with E-state index in [1.807, 2.05) is 0 Å². The van der Waals surface area contributed by atoms with Gasteiger partial charge >= 0.3 is 0 Å². The summed E-state index contributed by atoms with van der Waals surface area (Å²) in [6.45, 7) is 9.89. The average Bonchev–Trinajstić information content (AvgIpc) is 2.68. The first-order valence-electron chi connectivity index (χ1n) is 10.5. The van der Waals surface area contributed by atoms with Gasteiger partial charge in [-0.1, -0.05) is 33.1 Å². The van der Waals surface area contributed by atoms with E-state index in [1.165, 1.54) is 32.1 Å². The lowest BCUT2D eigenvalue weighted by molar-refractivity contribution is -0.127. The van der Waals surface area contributed by atoms with Gasteiger partial charge in [-0.25, -0.2) is 4.99 Å². The maximum Gasteiger partial charge on any atom is 0.243 e. The van der Waals surface area contributed by atoms with Gasteiger partial charge in [-0.05, 0) is 18.8 Å². The zero-order valence-electron chi connectivity index (χ0n) is 18.1. The molecule has 0 unspecified atom stereocenters. The fourth-order valence-corrected chi connectivity index (χ4v) is 3.86. The minimum atomic E-state index is 0. The van der Waals surface area contributed by atoms with Crippen LogP contribution in [0.25, 0.3) is 0 Å². The highest BCUT2D eigenvalue weighted by Gasteiger charge is 2.38. The molecule has 2 rings (SSSR count). The molecule has 2 aliphatic rings. The van der Waals surface area contributed by atoms with Crippen LogP contribution >= 0.6 is 24.0 Å². The first-order valence-corrected chi connectivity index (χ1v) is 10.5. The molecule has 1 saturated carbocycles. The van der Waals surface area contributed by atoms with E-state index in [1.54, 1.807) is 19.0 Å². The second kappa shape index (κ2) is 12.8. The third kappa shape index (κ3) is 8.02. The van der Waals surface area contributed by atoms with E-state index in [0.717, 1.165) is 45.4 Å². The third-order valence-corrected chi connectivity index (χ3v) is 5.60. The molecule has 0 spiro atoms. The van der Waals surface area contributed by atoms with E-state index in [0.29, 0.717) is 5.92 Å². The molecule has 7 nitrogen and oxygen atoms in total. The minimum absolute atomic E-state index is 0. The lowest BCUT2D eigenvalue weighted by Gasteiger charge is -2.48. The first kappa shape index (κ1) is 25.4. The van der Waals surface area contributed by atoms with Crippen molar-refractivity contribution in [3.8, 4) is 0 Å². The number of carbonyl (C=O) groups is 1. The number of halogens is 1. The molecule has 8 heteroatoms. The molecule has 1 heterocycles. The number of aliphatic imine (C=N–C) groups is 1. The molecule has 0 aromatic rings.